The van der Waals surface area contributed by atoms with E-state index in [0.29, 0.717) is 16.6 Å². The van der Waals surface area contributed by atoms with Crippen LogP contribution in [-0.4, -0.2) is 36.0 Å². The predicted octanol–water partition coefficient (Wildman–Crippen LogP) is 5.38. The molecule has 0 aliphatic carbocycles. The molecule has 1 saturated heterocycles. The second-order valence-electron chi connectivity index (χ2n) is 8.47. The van der Waals surface area contributed by atoms with Gasteiger partial charge in [0.1, 0.15) is 23.3 Å². The lowest BCUT2D eigenvalue weighted by Gasteiger charge is -2.30. The van der Waals surface area contributed by atoms with Crippen molar-refractivity contribution in [2.75, 3.05) is 26.2 Å². The van der Waals surface area contributed by atoms with E-state index in [-0.39, 0.29) is 12.1 Å². The molecule has 1 aliphatic heterocycles. The van der Waals surface area contributed by atoms with E-state index in [2.05, 4.69) is 51.0 Å². The second-order valence-corrected chi connectivity index (χ2v) is 8.85. The van der Waals surface area contributed by atoms with Gasteiger partial charge in [0, 0.05) is 29.3 Å². The number of aryl methyl sites for hydroxylation is 1. The van der Waals surface area contributed by atoms with Crippen LogP contribution >= 0.6 is 12.2 Å². The molecule has 184 valence electrons. The van der Waals surface area contributed by atoms with Crippen molar-refractivity contribution in [2.24, 2.45) is 0 Å². The monoisotopic (exact) mass is 500 g/mol. The quantitative estimate of drug-likeness (QED) is 0.342. The van der Waals surface area contributed by atoms with Gasteiger partial charge in [0.2, 0.25) is 0 Å². The molecule has 0 bridgehead atoms. The number of benzene rings is 2. The SMILES string of the molecule is COc1ccc(-n2c(C)ccc2[C@H]2[C@@H](c3ccccn3)NC(=S)N2c2ccc(OC)cc2OC)cc1. The van der Waals surface area contributed by atoms with E-state index >= 15 is 0 Å². The molecule has 2 aromatic heterocycles. The molecule has 3 heterocycles. The van der Waals surface area contributed by atoms with Crippen molar-refractivity contribution in [1.29, 1.82) is 0 Å². The van der Waals surface area contributed by atoms with E-state index in [4.69, 9.17) is 26.4 Å². The van der Waals surface area contributed by atoms with Gasteiger partial charge in [0.05, 0.1) is 38.8 Å². The Morgan fingerprint density at radius 1 is 0.861 bits per heavy atom. The minimum absolute atomic E-state index is 0.184. The number of thiocarbonyl (C=S) groups is 1. The maximum Gasteiger partial charge on any atom is 0.174 e. The highest BCUT2D eigenvalue weighted by atomic mass is 32.1. The third-order valence-corrected chi connectivity index (χ3v) is 6.80. The van der Waals surface area contributed by atoms with Crippen LogP contribution in [-0.2, 0) is 0 Å². The molecule has 0 unspecified atom stereocenters. The number of ether oxygens (including phenoxy) is 3. The van der Waals surface area contributed by atoms with Crippen molar-refractivity contribution in [1.82, 2.24) is 14.9 Å². The molecule has 0 spiro atoms. The molecule has 0 amide bonds. The maximum atomic E-state index is 5.92. The van der Waals surface area contributed by atoms with E-state index < -0.39 is 0 Å². The summed E-state index contributed by atoms with van der Waals surface area (Å²) in [5.74, 6) is 2.19. The minimum Gasteiger partial charge on any atom is -0.497 e. The van der Waals surface area contributed by atoms with E-state index in [0.717, 1.165) is 34.2 Å². The van der Waals surface area contributed by atoms with E-state index in [1.165, 1.54) is 0 Å². The highest BCUT2D eigenvalue weighted by molar-refractivity contribution is 7.80. The number of anilines is 1. The zero-order valence-electron chi connectivity index (χ0n) is 20.6. The van der Waals surface area contributed by atoms with Gasteiger partial charge in [-0.3, -0.25) is 4.98 Å². The number of hydrogen-bond acceptors (Lipinski definition) is 5. The first kappa shape index (κ1) is 23.7. The van der Waals surface area contributed by atoms with E-state index in [1.807, 2.05) is 54.7 Å². The summed E-state index contributed by atoms with van der Waals surface area (Å²) in [4.78, 5) is 6.79. The van der Waals surface area contributed by atoms with Gasteiger partial charge in [-0.05, 0) is 79.8 Å². The number of aromatic nitrogens is 2. The lowest BCUT2D eigenvalue weighted by molar-refractivity contribution is 0.394. The second kappa shape index (κ2) is 9.91. The first-order chi connectivity index (χ1) is 17.5. The van der Waals surface area contributed by atoms with Crippen molar-refractivity contribution in [3.05, 3.63) is 96.1 Å². The fourth-order valence-corrected chi connectivity index (χ4v) is 5.11. The molecular weight excluding hydrogens is 472 g/mol. The third kappa shape index (κ3) is 4.13. The van der Waals surface area contributed by atoms with Crippen LogP contribution in [0.1, 0.15) is 29.2 Å². The van der Waals surface area contributed by atoms with E-state index in [1.54, 1.807) is 21.3 Å². The molecule has 1 fully saturated rings. The lowest BCUT2D eigenvalue weighted by atomic mass is 10.0. The summed E-state index contributed by atoms with van der Waals surface area (Å²) in [6.45, 7) is 2.10. The van der Waals surface area contributed by atoms with Gasteiger partial charge in [0.25, 0.3) is 0 Å². The molecule has 0 radical (unpaired) electrons. The molecule has 1 aliphatic rings. The predicted molar refractivity (Wildman–Crippen MR) is 145 cm³/mol. The van der Waals surface area contributed by atoms with Crippen LogP contribution in [0, 0.1) is 6.92 Å². The summed E-state index contributed by atoms with van der Waals surface area (Å²) >= 11 is 5.92. The number of methoxy groups -OCH3 is 3. The topological polar surface area (TPSA) is 60.8 Å². The standard InChI is InChI=1S/C28H28N4O3S/c1-18-8-14-24(31(18)19-9-11-20(33-2)12-10-19)27-26(22-7-5-6-16-29-22)30-28(36)32(27)23-15-13-21(34-3)17-25(23)35-4/h5-17,26-27H,1-4H3,(H,30,36)/t26-,27+/m1/s1. The average molecular weight is 501 g/mol. The highest BCUT2D eigenvalue weighted by Crippen LogP contribution is 2.46. The van der Waals surface area contributed by atoms with Crippen LogP contribution in [0.15, 0.2) is 79.0 Å². The molecule has 0 saturated carbocycles. The molecule has 2 aromatic carbocycles. The number of nitrogens with one attached hydrogen (secondary N) is 1. The van der Waals surface area contributed by atoms with Crippen LogP contribution in [0.2, 0.25) is 0 Å². The third-order valence-electron chi connectivity index (χ3n) is 6.48. The van der Waals surface area contributed by atoms with Gasteiger partial charge < -0.3 is 29.0 Å². The average Bonchev–Trinajstić information content (AvgIpc) is 3.47. The van der Waals surface area contributed by atoms with Crippen molar-refractivity contribution in [3.8, 4) is 22.9 Å². The molecule has 2 atom stereocenters. The Kier molecular flexibility index (Phi) is 6.52. The summed E-state index contributed by atoms with van der Waals surface area (Å²) in [6, 6.07) is 23.6. The summed E-state index contributed by atoms with van der Waals surface area (Å²) in [6.07, 6.45) is 1.81. The molecule has 5 rings (SSSR count). The number of pyridine rings is 1. The molecule has 36 heavy (non-hydrogen) atoms. The van der Waals surface area contributed by atoms with Crippen molar-refractivity contribution < 1.29 is 14.2 Å². The van der Waals surface area contributed by atoms with Crippen LogP contribution in [0.3, 0.4) is 0 Å². The first-order valence-electron chi connectivity index (χ1n) is 11.6. The summed E-state index contributed by atoms with van der Waals surface area (Å²) < 4.78 is 18.8. The highest BCUT2D eigenvalue weighted by Gasteiger charge is 2.43. The first-order valence-corrected chi connectivity index (χ1v) is 12.0. The number of hydrogen-bond donors (Lipinski definition) is 1. The minimum atomic E-state index is -0.203. The van der Waals surface area contributed by atoms with Gasteiger partial charge in [-0.15, -0.1) is 0 Å². The molecule has 8 heteroatoms. The van der Waals surface area contributed by atoms with Gasteiger partial charge in [-0.2, -0.15) is 0 Å². The van der Waals surface area contributed by atoms with E-state index in [9.17, 15) is 0 Å². The molecule has 7 nitrogen and oxygen atoms in total. The van der Waals surface area contributed by atoms with Gasteiger partial charge in [-0.25, -0.2) is 0 Å². The summed E-state index contributed by atoms with van der Waals surface area (Å²) in [5, 5.41) is 4.12. The number of rotatable bonds is 7. The Morgan fingerprint density at radius 3 is 2.28 bits per heavy atom. The van der Waals surface area contributed by atoms with Crippen molar-refractivity contribution >= 4 is 23.0 Å². The van der Waals surface area contributed by atoms with Gasteiger partial charge in [0.15, 0.2) is 5.11 Å². The Balaban J connectivity index is 1.70. The Hall–Kier alpha value is -4.04. The summed E-state index contributed by atoms with van der Waals surface area (Å²) in [7, 11) is 4.96. The Morgan fingerprint density at radius 2 is 1.61 bits per heavy atom. The lowest BCUT2D eigenvalue weighted by Crippen LogP contribution is -2.30. The largest absolute Gasteiger partial charge is 0.497 e. The fraction of sp³-hybridized carbons (Fsp3) is 0.214. The van der Waals surface area contributed by atoms with Crippen LogP contribution in [0.5, 0.6) is 17.2 Å². The van der Waals surface area contributed by atoms with Crippen LogP contribution in [0.25, 0.3) is 5.69 Å². The fourth-order valence-electron chi connectivity index (χ4n) is 4.77. The van der Waals surface area contributed by atoms with Crippen LogP contribution < -0.4 is 24.4 Å². The number of nitrogens with zero attached hydrogens (tertiary/aromatic N) is 3. The summed E-state index contributed by atoms with van der Waals surface area (Å²) in [5.41, 5.74) is 4.96. The Labute approximate surface area is 216 Å². The zero-order chi connectivity index (χ0) is 25.2. The molecular formula is C28H28N4O3S. The molecule has 1 N–H and O–H groups in total. The van der Waals surface area contributed by atoms with Crippen molar-refractivity contribution in [3.63, 3.8) is 0 Å². The van der Waals surface area contributed by atoms with Crippen LogP contribution in [0.4, 0.5) is 5.69 Å². The molecule has 4 aromatic rings. The van der Waals surface area contributed by atoms with Gasteiger partial charge in [-0.1, -0.05) is 6.07 Å². The van der Waals surface area contributed by atoms with Gasteiger partial charge >= 0.3 is 0 Å². The zero-order valence-corrected chi connectivity index (χ0v) is 21.5. The Bertz CT molecular complexity index is 1370. The normalized spacial score (nSPS) is 17.1. The maximum absolute atomic E-state index is 5.92. The van der Waals surface area contributed by atoms with Crippen molar-refractivity contribution in [2.45, 2.75) is 19.0 Å². The smallest absolute Gasteiger partial charge is 0.174 e.